The Morgan fingerprint density at radius 1 is 0.469 bits per heavy atom. The van der Waals surface area contributed by atoms with Crippen molar-refractivity contribution in [3.63, 3.8) is 0 Å². The van der Waals surface area contributed by atoms with E-state index in [2.05, 4.69) is 19.9 Å². The first-order valence-corrected chi connectivity index (χ1v) is 13.2. The van der Waals surface area contributed by atoms with Crippen LogP contribution in [-0.2, 0) is 12.8 Å². The van der Waals surface area contributed by atoms with Gasteiger partial charge in [-0.15, -0.1) is 0 Å². The van der Waals surface area contributed by atoms with Crippen molar-refractivity contribution in [2.45, 2.75) is 117 Å². The third-order valence-electron chi connectivity index (χ3n) is 5.98. The van der Waals surface area contributed by atoms with Gasteiger partial charge in [-0.1, -0.05) is 115 Å². The van der Waals surface area contributed by atoms with Gasteiger partial charge in [0.1, 0.15) is 11.5 Å². The highest BCUT2D eigenvalue weighted by atomic mass is 16.3. The number of rotatable bonds is 16. The zero-order valence-electron chi connectivity index (χ0n) is 20.8. The second-order valence-electron chi connectivity index (χ2n) is 9.08. The van der Waals surface area contributed by atoms with Crippen molar-refractivity contribution in [1.29, 1.82) is 0 Å². The lowest BCUT2D eigenvalue weighted by molar-refractivity contribution is 0.474. The molecule has 0 saturated carbocycles. The standard InChI is InChI=1S/2C15H24O/c1-2-3-4-5-6-7-8-10-14-11-9-12-15(16)13-14;1-2-3-4-5-6-7-8-9-14-10-12-15(16)13-11-14/h9,11-13,16H,2-8,10H2,1H3;10-13,16H,2-9H2,1H3. The van der Waals surface area contributed by atoms with Crippen molar-refractivity contribution in [1.82, 2.24) is 0 Å². The first-order chi connectivity index (χ1) is 15.7. The molecule has 2 aromatic rings. The molecule has 0 aliphatic heterocycles. The van der Waals surface area contributed by atoms with Crippen molar-refractivity contribution < 1.29 is 10.2 Å². The summed E-state index contributed by atoms with van der Waals surface area (Å²) in [6, 6.07) is 15.2. The maximum atomic E-state index is 9.31. The van der Waals surface area contributed by atoms with Gasteiger partial charge in [-0.3, -0.25) is 0 Å². The van der Waals surface area contributed by atoms with E-state index in [0.717, 1.165) is 12.8 Å². The topological polar surface area (TPSA) is 40.5 Å². The first-order valence-electron chi connectivity index (χ1n) is 13.2. The number of aryl methyl sites for hydroxylation is 2. The van der Waals surface area contributed by atoms with E-state index in [4.69, 9.17) is 5.11 Å². The van der Waals surface area contributed by atoms with Gasteiger partial charge in [0.2, 0.25) is 0 Å². The minimum atomic E-state index is 0.364. The molecule has 0 spiro atoms. The van der Waals surface area contributed by atoms with Crippen LogP contribution in [0.15, 0.2) is 48.5 Å². The van der Waals surface area contributed by atoms with Crippen LogP contribution in [0, 0.1) is 0 Å². The highest BCUT2D eigenvalue weighted by molar-refractivity contribution is 5.27. The molecule has 180 valence electrons. The Labute approximate surface area is 198 Å². The van der Waals surface area contributed by atoms with Crippen molar-refractivity contribution in [2.75, 3.05) is 0 Å². The normalized spacial score (nSPS) is 10.6. The molecule has 0 aliphatic carbocycles. The summed E-state index contributed by atoms with van der Waals surface area (Å²) in [5.41, 5.74) is 2.60. The van der Waals surface area contributed by atoms with Crippen molar-refractivity contribution in [3.05, 3.63) is 59.7 Å². The van der Waals surface area contributed by atoms with Gasteiger partial charge < -0.3 is 10.2 Å². The molecule has 32 heavy (non-hydrogen) atoms. The minimum absolute atomic E-state index is 0.364. The largest absolute Gasteiger partial charge is 0.508 e. The molecule has 0 radical (unpaired) electrons. The van der Waals surface area contributed by atoms with Crippen LogP contribution >= 0.6 is 0 Å². The molecule has 0 bridgehead atoms. The Bertz CT molecular complexity index is 663. The Kier molecular flexibility index (Phi) is 17.3. The highest BCUT2D eigenvalue weighted by Crippen LogP contribution is 2.15. The molecule has 2 rings (SSSR count). The van der Waals surface area contributed by atoms with Crippen LogP contribution in [0.3, 0.4) is 0 Å². The Balaban J connectivity index is 0.000000320. The zero-order chi connectivity index (χ0) is 23.3. The fourth-order valence-corrected chi connectivity index (χ4v) is 3.95. The summed E-state index contributed by atoms with van der Waals surface area (Å²) >= 11 is 0. The van der Waals surface area contributed by atoms with Crippen LogP contribution in [-0.4, -0.2) is 10.2 Å². The fraction of sp³-hybridized carbons (Fsp3) is 0.600. The van der Waals surface area contributed by atoms with E-state index >= 15 is 0 Å². The van der Waals surface area contributed by atoms with Crippen molar-refractivity contribution >= 4 is 0 Å². The van der Waals surface area contributed by atoms with Gasteiger partial charge in [0.25, 0.3) is 0 Å². The van der Waals surface area contributed by atoms with E-state index < -0.39 is 0 Å². The quantitative estimate of drug-likeness (QED) is 0.255. The Morgan fingerprint density at radius 3 is 1.44 bits per heavy atom. The number of phenols is 2. The van der Waals surface area contributed by atoms with Gasteiger partial charge in [0.15, 0.2) is 0 Å². The van der Waals surface area contributed by atoms with E-state index in [1.54, 1.807) is 18.2 Å². The number of aromatic hydroxyl groups is 2. The van der Waals surface area contributed by atoms with Crippen LogP contribution < -0.4 is 0 Å². The molecule has 0 amide bonds. The lowest BCUT2D eigenvalue weighted by Gasteiger charge is -2.02. The molecule has 0 unspecified atom stereocenters. The number of hydrogen-bond donors (Lipinski definition) is 2. The monoisotopic (exact) mass is 440 g/mol. The summed E-state index contributed by atoms with van der Waals surface area (Å²) in [4.78, 5) is 0. The maximum Gasteiger partial charge on any atom is 0.115 e. The second-order valence-corrected chi connectivity index (χ2v) is 9.08. The smallest absolute Gasteiger partial charge is 0.115 e. The molecule has 2 aromatic carbocycles. The Hall–Kier alpha value is -1.96. The van der Waals surface area contributed by atoms with Gasteiger partial charge >= 0.3 is 0 Å². The van der Waals surface area contributed by atoms with Gasteiger partial charge in [0, 0.05) is 0 Å². The summed E-state index contributed by atoms with van der Waals surface area (Å²) in [7, 11) is 0. The molecule has 2 N–H and O–H groups in total. The number of phenolic OH excluding ortho intramolecular Hbond substituents is 2. The molecule has 0 aromatic heterocycles. The van der Waals surface area contributed by atoms with Gasteiger partial charge in [-0.05, 0) is 61.1 Å². The number of unbranched alkanes of at least 4 members (excludes halogenated alkanes) is 12. The van der Waals surface area contributed by atoms with Gasteiger partial charge in [-0.2, -0.15) is 0 Å². The molecule has 2 heteroatoms. The summed E-state index contributed by atoms with van der Waals surface area (Å²) in [5.74, 6) is 0.753. The molecular formula is C30H48O2. The summed E-state index contributed by atoms with van der Waals surface area (Å²) in [5, 5.41) is 18.5. The van der Waals surface area contributed by atoms with Gasteiger partial charge in [-0.25, -0.2) is 0 Å². The third-order valence-corrected chi connectivity index (χ3v) is 5.98. The van der Waals surface area contributed by atoms with E-state index in [9.17, 15) is 5.11 Å². The highest BCUT2D eigenvalue weighted by Gasteiger charge is 1.96. The van der Waals surface area contributed by atoms with Crippen molar-refractivity contribution in [2.24, 2.45) is 0 Å². The van der Waals surface area contributed by atoms with Crippen LogP contribution in [0.1, 0.15) is 115 Å². The van der Waals surface area contributed by atoms with Crippen LogP contribution in [0.5, 0.6) is 11.5 Å². The molecule has 0 heterocycles. The van der Waals surface area contributed by atoms with Crippen LogP contribution in [0.4, 0.5) is 0 Å². The first kappa shape index (κ1) is 28.1. The molecular weight excluding hydrogens is 392 g/mol. The fourth-order valence-electron chi connectivity index (χ4n) is 3.95. The average Bonchev–Trinajstić information content (AvgIpc) is 2.80. The summed E-state index contributed by atoms with van der Waals surface area (Å²) in [6.45, 7) is 4.51. The average molecular weight is 441 g/mol. The third kappa shape index (κ3) is 15.8. The molecule has 2 nitrogen and oxygen atoms in total. The van der Waals surface area contributed by atoms with E-state index in [0.29, 0.717) is 11.5 Å². The zero-order valence-corrected chi connectivity index (χ0v) is 20.8. The molecule has 0 saturated heterocycles. The lowest BCUT2D eigenvalue weighted by Crippen LogP contribution is -1.86. The van der Waals surface area contributed by atoms with Gasteiger partial charge in [0.05, 0.1) is 0 Å². The molecule has 0 atom stereocenters. The predicted molar refractivity (Wildman–Crippen MR) is 140 cm³/mol. The number of benzene rings is 2. The summed E-state index contributed by atoms with van der Waals surface area (Å²) < 4.78 is 0. The van der Waals surface area contributed by atoms with Crippen LogP contribution in [0.2, 0.25) is 0 Å². The SMILES string of the molecule is CCCCCCCCCc1ccc(O)cc1.CCCCCCCCCc1cccc(O)c1. The second kappa shape index (κ2) is 19.7. The van der Waals surface area contributed by atoms with E-state index in [1.807, 2.05) is 24.3 Å². The maximum absolute atomic E-state index is 9.31. The predicted octanol–water partition coefficient (Wildman–Crippen LogP) is 9.37. The molecule has 0 fully saturated rings. The van der Waals surface area contributed by atoms with E-state index in [-0.39, 0.29) is 0 Å². The lowest BCUT2D eigenvalue weighted by atomic mass is 10.0. The van der Waals surface area contributed by atoms with Crippen LogP contribution in [0.25, 0.3) is 0 Å². The number of hydrogen-bond acceptors (Lipinski definition) is 2. The Morgan fingerprint density at radius 2 is 0.938 bits per heavy atom. The minimum Gasteiger partial charge on any atom is -0.508 e. The van der Waals surface area contributed by atoms with E-state index in [1.165, 1.54) is 101 Å². The summed E-state index contributed by atoms with van der Waals surface area (Å²) in [6.07, 6.45) is 21.1. The van der Waals surface area contributed by atoms with Crippen molar-refractivity contribution in [3.8, 4) is 11.5 Å². The molecule has 0 aliphatic rings.